The van der Waals surface area contributed by atoms with Gasteiger partial charge in [-0.25, -0.2) is 8.42 Å². The maximum Gasteiger partial charge on any atom is 0.264 e. The standard InChI is InChI=1S/C31H36ClN3O4S/c1-22-10-9-11-25(18-22)20-34(24(3)31(37)33-26-12-7-8-13-26)30(36)21-35(27-17-16-23(2)29(32)19-27)40(38,39)28-14-5-4-6-15-28/h4-6,9-11,14-19,24,26H,7-8,12-13,20-21H2,1-3H3,(H,33,37). The Kier molecular flexibility index (Phi) is 9.53. The molecule has 2 amide bonds. The molecule has 4 rings (SSSR count). The summed E-state index contributed by atoms with van der Waals surface area (Å²) in [6.07, 6.45) is 3.97. The summed E-state index contributed by atoms with van der Waals surface area (Å²) < 4.78 is 28.8. The summed E-state index contributed by atoms with van der Waals surface area (Å²) in [4.78, 5) is 28.9. The minimum atomic E-state index is -4.13. The van der Waals surface area contributed by atoms with Crippen LogP contribution < -0.4 is 9.62 Å². The summed E-state index contributed by atoms with van der Waals surface area (Å²) >= 11 is 6.38. The van der Waals surface area contributed by atoms with Crippen LogP contribution in [0.15, 0.2) is 77.7 Å². The van der Waals surface area contributed by atoms with Gasteiger partial charge in [0.15, 0.2) is 0 Å². The smallest absolute Gasteiger partial charge is 0.264 e. The van der Waals surface area contributed by atoms with Crippen LogP contribution in [0.1, 0.15) is 49.3 Å². The van der Waals surface area contributed by atoms with E-state index in [9.17, 15) is 18.0 Å². The van der Waals surface area contributed by atoms with Crippen molar-refractivity contribution < 1.29 is 18.0 Å². The molecule has 7 nitrogen and oxygen atoms in total. The number of hydrogen-bond acceptors (Lipinski definition) is 4. The van der Waals surface area contributed by atoms with Crippen molar-refractivity contribution in [3.8, 4) is 0 Å². The second kappa shape index (κ2) is 12.9. The van der Waals surface area contributed by atoms with Gasteiger partial charge >= 0.3 is 0 Å². The zero-order chi connectivity index (χ0) is 28.9. The van der Waals surface area contributed by atoms with Crippen molar-refractivity contribution in [1.82, 2.24) is 10.2 Å². The molecule has 1 fully saturated rings. The SMILES string of the molecule is Cc1cccc(CN(C(=O)CN(c2ccc(C)c(Cl)c2)S(=O)(=O)c2ccccc2)C(C)C(=O)NC2CCCC2)c1. The third-order valence-electron chi connectivity index (χ3n) is 7.36. The van der Waals surface area contributed by atoms with E-state index in [4.69, 9.17) is 11.6 Å². The highest BCUT2D eigenvalue weighted by molar-refractivity contribution is 7.92. The fourth-order valence-corrected chi connectivity index (χ4v) is 6.57. The van der Waals surface area contributed by atoms with Crippen LogP contribution in [0.3, 0.4) is 0 Å². The van der Waals surface area contributed by atoms with E-state index in [2.05, 4.69) is 5.32 Å². The second-order valence-corrected chi connectivity index (χ2v) is 12.7. The van der Waals surface area contributed by atoms with Gasteiger partial charge in [-0.05, 0) is 69.0 Å². The monoisotopic (exact) mass is 581 g/mol. The van der Waals surface area contributed by atoms with Gasteiger partial charge in [-0.15, -0.1) is 0 Å². The lowest BCUT2D eigenvalue weighted by Crippen LogP contribution is -2.52. The molecule has 0 radical (unpaired) electrons. The topological polar surface area (TPSA) is 86.8 Å². The number of anilines is 1. The summed E-state index contributed by atoms with van der Waals surface area (Å²) in [7, 11) is -4.13. The van der Waals surface area contributed by atoms with Gasteiger partial charge in [0.05, 0.1) is 10.6 Å². The maximum atomic E-state index is 14.0. The number of hydrogen-bond donors (Lipinski definition) is 1. The number of nitrogens with zero attached hydrogens (tertiary/aromatic N) is 2. The predicted molar refractivity (Wildman–Crippen MR) is 159 cm³/mol. The Hall–Kier alpha value is -3.36. The van der Waals surface area contributed by atoms with Gasteiger partial charge in [0, 0.05) is 17.6 Å². The highest BCUT2D eigenvalue weighted by atomic mass is 35.5. The van der Waals surface area contributed by atoms with Crippen LogP contribution in [-0.2, 0) is 26.2 Å². The fourth-order valence-electron chi connectivity index (χ4n) is 4.97. The lowest BCUT2D eigenvalue weighted by atomic mass is 10.1. The highest BCUT2D eigenvalue weighted by Crippen LogP contribution is 2.28. The predicted octanol–water partition coefficient (Wildman–Crippen LogP) is 5.63. The van der Waals surface area contributed by atoms with Crippen molar-refractivity contribution >= 4 is 39.1 Å². The van der Waals surface area contributed by atoms with Crippen molar-refractivity contribution in [3.63, 3.8) is 0 Å². The average Bonchev–Trinajstić information content (AvgIpc) is 3.45. The second-order valence-electron chi connectivity index (χ2n) is 10.4. The van der Waals surface area contributed by atoms with Crippen LogP contribution in [0, 0.1) is 13.8 Å². The molecular formula is C31H36ClN3O4S. The van der Waals surface area contributed by atoms with Crippen molar-refractivity contribution in [3.05, 3.63) is 94.5 Å². The number of carbonyl (C=O) groups is 2. The Morgan fingerprint density at radius 1 is 0.975 bits per heavy atom. The van der Waals surface area contributed by atoms with Crippen molar-refractivity contribution in [1.29, 1.82) is 0 Å². The van der Waals surface area contributed by atoms with Gasteiger partial charge in [0.2, 0.25) is 11.8 Å². The number of nitrogens with one attached hydrogen (secondary N) is 1. The van der Waals surface area contributed by atoms with E-state index in [1.54, 1.807) is 43.3 Å². The molecule has 0 aromatic heterocycles. The number of carbonyl (C=O) groups excluding carboxylic acids is 2. The Morgan fingerprint density at radius 2 is 1.68 bits per heavy atom. The van der Waals surface area contributed by atoms with E-state index >= 15 is 0 Å². The van der Waals surface area contributed by atoms with E-state index in [1.165, 1.54) is 17.0 Å². The summed E-state index contributed by atoms with van der Waals surface area (Å²) in [6.45, 7) is 5.14. The van der Waals surface area contributed by atoms with Crippen molar-refractivity contribution in [2.75, 3.05) is 10.8 Å². The van der Waals surface area contributed by atoms with Crippen molar-refractivity contribution in [2.45, 2.75) is 70.0 Å². The number of rotatable bonds is 10. The van der Waals surface area contributed by atoms with Crippen LogP contribution >= 0.6 is 11.6 Å². The minimum absolute atomic E-state index is 0.0526. The number of benzene rings is 3. The van der Waals surface area contributed by atoms with Crippen LogP contribution in [0.25, 0.3) is 0 Å². The zero-order valence-electron chi connectivity index (χ0n) is 23.1. The van der Waals surface area contributed by atoms with E-state index in [0.717, 1.165) is 46.7 Å². The van der Waals surface area contributed by atoms with E-state index in [-0.39, 0.29) is 29.1 Å². The quantitative estimate of drug-likeness (QED) is 0.336. The zero-order valence-corrected chi connectivity index (χ0v) is 24.7. The molecule has 1 unspecified atom stereocenters. The van der Waals surface area contributed by atoms with Gasteiger partial charge in [0.25, 0.3) is 10.0 Å². The lowest BCUT2D eigenvalue weighted by Gasteiger charge is -2.32. The number of sulfonamides is 1. The third-order valence-corrected chi connectivity index (χ3v) is 9.55. The van der Waals surface area contributed by atoms with Crippen molar-refractivity contribution in [2.24, 2.45) is 0 Å². The first kappa shape index (κ1) is 29.6. The van der Waals surface area contributed by atoms with Gasteiger partial charge in [0.1, 0.15) is 12.6 Å². The molecule has 212 valence electrons. The average molecular weight is 582 g/mol. The van der Waals surface area contributed by atoms with E-state index < -0.39 is 28.5 Å². The molecule has 3 aromatic rings. The Bertz CT molecular complexity index is 1460. The van der Waals surface area contributed by atoms with Crippen LogP contribution in [0.4, 0.5) is 5.69 Å². The molecule has 1 saturated carbocycles. The third kappa shape index (κ3) is 7.04. The maximum absolute atomic E-state index is 14.0. The number of halogens is 1. The Morgan fingerprint density at radius 3 is 2.33 bits per heavy atom. The first-order valence-electron chi connectivity index (χ1n) is 13.6. The molecule has 0 saturated heterocycles. The summed E-state index contributed by atoms with van der Waals surface area (Å²) in [6, 6.07) is 19.9. The highest BCUT2D eigenvalue weighted by Gasteiger charge is 2.33. The molecule has 1 atom stereocenters. The molecule has 0 heterocycles. The number of amides is 2. The molecule has 9 heteroatoms. The molecule has 1 aliphatic carbocycles. The molecule has 0 spiro atoms. The Balaban J connectivity index is 1.69. The van der Waals surface area contributed by atoms with Gasteiger partial charge in [-0.2, -0.15) is 0 Å². The first-order chi connectivity index (χ1) is 19.1. The molecule has 0 bridgehead atoms. The van der Waals surface area contributed by atoms with Crippen LogP contribution in [0.5, 0.6) is 0 Å². The van der Waals surface area contributed by atoms with Crippen LogP contribution in [-0.4, -0.2) is 43.8 Å². The van der Waals surface area contributed by atoms with Gasteiger partial charge in [-0.3, -0.25) is 13.9 Å². The minimum Gasteiger partial charge on any atom is -0.352 e. The van der Waals surface area contributed by atoms with Crippen LogP contribution in [0.2, 0.25) is 5.02 Å². The van der Waals surface area contributed by atoms with E-state index in [0.29, 0.717) is 5.02 Å². The molecule has 1 N–H and O–H groups in total. The first-order valence-corrected chi connectivity index (χ1v) is 15.4. The molecule has 40 heavy (non-hydrogen) atoms. The molecule has 0 aliphatic heterocycles. The van der Waals surface area contributed by atoms with E-state index in [1.807, 2.05) is 38.1 Å². The largest absolute Gasteiger partial charge is 0.352 e. The molecular weight excluding hydrogens is 546 g/mol. The normalized spacial score (nSPS) is 14.5. The molecule has 3 aromatic carbocycles. The van der Waals surface area contributed by atoms with Gasteiger partial charge in [-0.1, -0.05) is 78.5 Å². The number of aryl methyl sites for hydroxylation is 2. The fraction of sp³-hybridized carbons (Fsp3) is 0.355. The lowest BCUT2D eigenvalue weighted by molar-refractivity contribution is -0.139. The summed E-state index contributed by atoms with van der Waals surface area (Å²) in [5.41, 5.74) is 2.93. The van der Waals surface area contributed by atoms with Gasteiger partial charge < -0.3 is 10.2 Å². The Labute approximate surface area is 242 Å². The summed E-state index contributed by atoms with van der Waals surface area (Å²) in [5.74, 6) is -0.740. The molecule has 1 aliphatic rings. The summed E-state index contributed by atoms with van der Waals surface area (Å²) in [5, 5.41) is 3.47.